The molecule has 146 valence electrons. The van der Waals surface area contributed by atoms with Crippen LogP contribution in [0.25, 0.3) is 11.5 Å². The lowest BCUT2D eigenvalue weighted by Gasteiger charge is -2.10. The minimum atomic E-state index is -0.417. The van der Waals surface area contributed by atoms with Crippen LogP contribution in [0.5, 0.6) is 5.75 Å². The molecule has 2 aromatic heterocycles. The van der Waals surface area contributed by atoms with Crippen molar-refractivity contribution in [2.45, 2.75) is 25.5 Å². The lowest BCUT2D eigenvalue weighted by Crippen LogP contribution is -2.15. The quantitative estimate of drug-likeness (QED) is 0.443. The van der Waals surface area contributed by atoms with E-state index in [9.17, 15) is 4.79 Å². The molecule has 2 N–H and O–H groups in total. The Kier molecular flexibility index (Phi) is 6.62. The Labute approximate surface area is 167 Å². The van der Waals surface area contributed by atoms with Crippen molar-refractivity contribution in [2.24, 2.45) is 0 Å². The number of benzene rings is 1. The lowest BCUT2D eigenvalue weighted by atomic mass is 10.2. The highest BCUT2D eigenvalue weighted by molar-refractivity contribution is 7.99. The standard InChI is InChI=1S/C19H21N5O3S/c1-3-24-18(15-6-4-5-9-20-15)22-23-19(24)28-11-17(26)21-14-8-7-13(2)16(10-14)27-12-25/h4-10,25H,3,11-12H2,1-2H3,(H,21,26). The molecule has 0 aliphatic carbocycles. The minimum Gasteiger partial charge on any atom is -0.467 e. The summed E-state index contributed by atoms with van der Waals surface area (Å²) < 4.78 is 7.06. The Morgan fingerprint density at radius 2 is 2.14 bits per heavy atom. The Morgan fingerprint density at radius 3 is 2.86 bits per heavy atom. The maximum absolute atomic E-state index is 12.3. The molecule has 0 fully saturated rings. The summed E-state index contributed by atoms with van der Waals surface area (Å²) in [5.74, 6) is 1.22. The summed E-state index contributed by atoms with van der Waals surface area (Å²) in [5.41, 5.74) is 2.22. The van der Waals surface area contributed by atoms with Gasteiger partial charge in [-0.15, -0.1) is 10.2 Å². The Morgan fingerprint density at radius 1 is 1.29 bits per heavy atom. The van der Waals surface area contributed by atoms with Crippen molar-refractivity contribution in [1.82, 2.24) is 19.7 Å². The molecule has 0 unspecified atom stereocenters. The number of nitrogens with one attached hydrogen (secondary N) is 1. The number of carbonyl (C=O) groups is 1. The van der Waals surface area contributed by atoms with Crippen molar-refractivity contribution >= 4 is 23.4 Å². The van der Waals surface area contributed by atoms with E-state index in [2.05, 4.69) is 20.5 Å². The van der Waals surface area contributed by atoms with Crippen molar-refractivity contribution in [3.8, 4) is 17.3 Å². The van der Waals surface area contributed by atoms with Gasteiger partial charge in [0.2, 0.25) is 5.91 Å². The molecule has 3 aromatic rings. The van der Waals surface area contributed by atoms with E-state index in [0.717, 1.165) is 11.3 Å². The zero-order chi connectivity index (χ0) is 19.9. The zero-order valence-electron chi connectivity index (χ0n) is 15.6. The minimum absolute atomic E-state index is 0.172. The van der Waals surface area contributed by atoms with Crippen LogP contribution in [0.15, 0.2) is 47.8 Å². The van der Waals surface area contributed by atoms with Gasteiger partial charge in [0, 0.05) is 24.5 Å². The van der Waals surface area contributed by atoms with Crippen molar-refractivity contribution in [3.63, 3.8) is 0 Å². The summed E-state index contributed by atoms with van der Waals surface area (Å²) in [6, 6.07) is 10.9. The van der Waals surface area contributed by atoms with E-state index in [1.54, 1.807) is 18.3 Å². The van der Waals surface area contributed by atoms with Crippen LogP contribution in [0.2, 0.25) is 0 Å². The number of ether oxygens (including phenoxy) is 1. The number of aryl methyl sites for hydroxylation is 1. The van der Waals surface area contributed by atoms with Gasteiger partial charge in [0.05, 0.1) is 5.75 Å². The number of anilines is 1. The SMILES string of the molecule is CCn1c(SCC(=O)Nc2ccc(C)c(OCO)c2)nnc1-c1ccccn1. The number of hydrogen-bond acceptors (Lipinski definition) is 7. The van der Waals surface area contributed by atoms with Gasteiger partial charge in [-0.3, -0.25) is 9.78 Å². The van der Waals surface area contributed by atoms with Gasteiger partial charge in [0.25, 0.3) is 0 Å². The molecule has 0 saturated carbocycles. The summed E-state index contributed by atoms with van der Waals surface area (Å²) in [5, 5.41) is 20.8. The van der Waals surface area contributed by atoms with Crippen LogP contribution in [0.3, 0.4) is 0 Å². The number of amides is 1. The van der Waals surface area contributed by atoms with E-state index in [1.165, 1.54) is 11.8 Å². The highest BCUT2D eigenvalue weighted by Gasteiger charge is 2.15. The van der Waals surface area contributed by atoms with Crippen LogP contribution in [-0.4, -0.2) is 43.3 Å². The van der Waals surface area contributed by atoms with Crippen molar-refractivity contribution in [1.29, 1.82) is 0 Å². The first kappa shape index (κ1) is 19.8. The fourth-order valence-electron chi connectivity index (χ4n) is 2.60. The van der Waals surface area contributed by atoms with E-state index in [-0.39, 0.29) is 11.7 Å². The predicted octanol–water partition coefficient (Wildman–Crippen LogP) is 2.73. The second-order valence-corrected chi connectivity index (χ2v) is 6.80. The van der Waals surface area contributed by atoms with Crippen molar-refractivity contribution in [3.05, 3.63) is 48.2 Å². The lowest BCUT2D eigenvalue weighted by molar-refractivity contribution is -0.113. The molecule has 1 aromatic carbocycles. The maximum Gasteiger partial charge on any atom is 0.234 e. The molecule has 8 nitrogen and oxygen atoms in total. The Bertz CT molecular complexity index is 946. The molecule has 2 heterocycles. The molecular weight excluding hydrogens is 378 g/mol. The van der Waals surface area contributed by atoms with Gasteiger partial charge in [0.1, 0.15) is 11.4 Å². The van der Waals surface area contributed by atoms with Gasteiger partial charge in [-0.1, -0.05) is 23.9 Å². The normalized spacial score (nSPS) is 10.7. The highest BCUT2D eigenvalue weighted by Crippen LogP contribution is 2.24. The number of nitrogens with zero attached hydrogens (tertiary/aromatic N) is 4. The number of thioether (sulfide) groups is 1. The largest absolute Gasteiger partial charge is 0.467 e. The second kappa shape index (κ2) is 9.34. The number of hydrogen-bond donors (Lipinski definition) is 2. The van der Waals surface area contributed by atoms with E-state index < -0.39 is 6.79 Å². The number of aliphatic hydroxyl groups is 1. The molecule has 1 amide bonds. The molecule has 3 rings (SSSR count). The third-order valence-electron chi connectivity index (χ3n) is 3.95. The second-order valence-electron chi connectivity index (χ2n) is 5.86. The monoisotopic (exact) mass is 399 g/mol. The molecule has 0 radical (unpaired) electrons. The van der Waals surface area contributed by atoms with Crippen LogP contribution in [-0.2, 0) is 11.3 Å². The summed E-state index contributed by atoms with van der Waals surface area (Å²) in [7, 11) is 0. The van der Waals surface area contributed by atoms with Gasteiger partial charge < -0.3 is 19.7 Å². The van der Waals surface area contributed by atoms with Crippen molar-refractivity contribution < 1.29 is 14.6 Å². The number of aromatic nitrogens is 4. The van der Waals surface area contributed by atoms with Crippen LogP contribution < -0.4 is 10.1 Å². The summed E-state index contributed by atoms with van der Waals surface area (Å²) >= 11 is 1.31. The summed E-state index contributed by atoms with van der Waals surface area (Å²) in [6.45, 7) is 4.11. The molecule has 0 atom stereocenters. The smallest absolute Gasteiger partial charge is 0.234 e. The fraction of sp³-hybridized carbons (Fsp3) is 0.263. The molecule has 9 heteroatoms. The number of carbonyl (C=O) groups excluding carboxylic acids is 1. The zero-order valence-corrected chi connectivity index (χ0v) is 16.4. The van der Waals surface area contributed by atoms with E-state index in [1.807, 2.05) is 42.7 Å². The third-order valence-corrected chi connectivity index (χ3v) is 4.92. The number of aliphatic hydroxyl groups excluding tert-OH is 1. The van der Waals surface area contributed by atoms with Gasteiger partial charge >= 0.3 is 0 Å². The fourth-order valence-corrected chi connectivity index (χ4v) is 3.40. The van der Waals surface area contributed by atoms with Crippen molar-refractivity contribution in [2.75, 3.05) is 17.9 Å². The van der Waals surface area contributed by atoms with Crippen LogP contribution in [0, 0.1) is 6.92 Å². The molecule has 0 spiro atoms. The maximum atomic E-state index is 12.3. The van der Waals surface area contributed by atoms with Gasteiger partial charge in [-0.2, -0.15) is 0 Å². The molecule has 0 bridgehead atoms. The summed E-state index contributed by atoms with van der Waals surface area (Å²) in [6.07, 6.45) is 1.71. The predicted molar refractivity (Wildman–Crippen MR) is 107 cm³/mol. The Hall–Kier alpha value is -2.91. The average molecular weight is 399 g/mol. The molecular formula is C19H21N5O3S. The molecule has 0 aliphatic heterocycles. The first-order chi connectivity index (χ1) is 13.6. The highest BCUT2D eigenvalue weighted by atomic mass is 32.2. The van der Waals surface area contributed by atoms with Gasteiger partial charge in [0.15, 0.2) is 17.8 Å². The number of pyridine rings is 1. The van der Waals surface area contributed by atoms with Gasteiger partial charge in [-0.25, -0.2) is 0 Å². The van der Waals surface area contributed by atoms with E-state index in [0.29, 0.717) is 29.0 Å². The van der Waals surface area contributed by atoms with Gasteiger partial charge in [-0.05, 0) is 37.6 Å². The third kappa shape index (κ3) is 4.68. The topological polar surface area (TPSA) is 102 Å². The molecule has 0 aliphatic rings. The van der Waals surface area contributed by atoms with Crippen LogP contribution in [0.4, 0.5) is 5.69 Å². The number of rotatable bonds is 8. The summed E-state index contributed by atoms with van der Waals surface area (Å²) in [4.78, 5) is 16.6. The van der Waals surface area contributed by atoms with Crippen LogP contribution in [0.1, 0.15) is 12.5 Å². The molecule has 0 saturated heterocycles. The first-order valence-corrected chi connectivity index (χ1v) is 9.72. The Balaban J connectivity index is 1.65. The average Bonchev–Trinajstić information content (AvgIpc) is 3.13. The molecule has 28 heavy (non-hydrogen) atoms. The van der Waals surface area contributed by atoms with Crippen LogP contribution >= 0.6 is 11.8 Å². The van der Waals surface area contributed by atoms with E-state index >= 15 is 0 Å². The van der Waals surface area contributed by atoms with E-state index in [4.69, 9.17) is 9.84 Å². The first-order valence-electron chi connectivity index (χ1n) is 8.74.